The molecule has 12 nitrogen and oxygen atoms in total. The van der Waals surface area contributed by atoms with E-state index >= 15 is 0 Å². The Bertz CT molecular complexity index is 2080. The molecule has 52 heavy (non-hydrogen) atoms. The van der Waals surface area contributed by atoms with Gasteiger partial charge >= 0.3 is 6.36 Å². The van der Waals surface area contributed by atoms with Crippen LogP contribution in [-0.4, -0.2) is 83.4 Å². The maximum Gasteiger partial charge on any atom is 0.573 e. The van der Waals surface area contributed by atoms with Gasteiger partial charge in [-0.3, -0.25) is 19.9 Å². The largest absolute Gasteiger partial charge is 0.573 e. The van der Waals surface area contributed by atoms with Gasteiger partial charge in [-0.25, -0.2) is 12.7 Å². The zero-order chi connectivity index (χ0) is 37.3. The molecule has 2 aliphatic rings. The minimum atomic E-state index is -5.28. The van der Waals surface area contributed by atoms with Crippen LogP contribution in [0.25, 0.3) is 0 Å². The molecule has 274 valence electrons. The molecule has 2 amide bonds. The molecule has 3 heterocycles. The molecule has 1 aromatic heterocycles. The van der Waals surface area contributed by atoms with Gasteiger partial charge in [0.2, 0.25) is 5.91 Å². The third-order valence-corrected chi connectivity index (χ3v) is 10.9. The molecule has 1 N–H and O–H groups in total. The van der Waals surface area contributed by atoms with E-state index in [4.69, 9.17) is 21.1 Å². The number of aromatic nitrogens is 1. The number of piperazine rings is 1. The molecule has 1 saturated heterocycles. The Balaban J connectivity index is 1.37. The van der Waals surface area contributed by atoms with Crippen LogP contribution in [0.15, 0.2) is 90.1 Å². The van der Waals surface area contributed by atoms with Crippen LogP contribution < -0.4 is 28.7 Å². The maximum atomic E-state index is 14.9. The van der Waals surface area contributed by atoms with Crippen molar-refractivity contribution in [3.05, 3.63) is 101 Å². The van der Waals surface area contributed by atoms with Crippen LogP contribution in [0.1, 0.15) is 17.5 Å². The molecule has 0 spiro atoms. The van der Waals surface area contributed by atoms with Gasteiger partial charge in [0.15, 0.2) is 11.3 Å². The smallest absolute Gasteiger partial charge is 0.497 e. The minimum Gasteiger partial charge on any atom is -0.497 e. The highest BCUT2D eigenvalue weighted by Gasteiger charge is 2.57. The third-order valence-electron chi connectivity index (χ3n) is 8.88. The summed E-state index contributed by atoms with van der Waals surface area (Å²) in [5.41, 5.74) is -0.963. The molecule has 1 unspecified atom stereocenters. The van der Waals surface area contributed by atoms with E-state index in [1.165, 1.54) is 32.4 Å². The van der Waals surface area contributed by atoms with Gasteiger partial charge < -0.3 is 24.0 Å². The molecular formula is C35H33ClF3N5O7S. The van der Waals surface area contributed by atoms with Crippen LogP contribution in [0.5, 0.6) is 17.2 Å². The third kappa shape index (κ3) is 6.92. The number of benzene rings is 3. The lowest BCUT2D eigenvalue weighted by molar-refractivity contribution is -0.275. The van der Waals surface area contributed by atoms with Gasteiger partial charge in [0.05, 0.1) is 19.9 Å². The molecular weight excluding hydrogens is 727 g/mol. The SMILES string of the molecule is COc1ccc(S(=O)(=O)N2C(=O)C(NCCC(=O)N3CCN(c4ccncc4)CC3)(c3ccccc3OC)c3cc(Cl)ccc32)c(OC(F)(F)F)c1. The van der Waals surface area contributed by atoms with E-state index in [1.54, 1.807) is 41.6 Å². The molecule has 0 saturated carbocycles. The maximum absolute atomic E-state index is 14.9. The second kappa shape index (κ2) is 14.5. The van der Waals surface area contributed by atoms with Crippen LogP contribution in [0, 0.1) is 0 Å². The number of nitrogens with one attached hydrogen (secondary N) is 1. The number of hydrogen-bond acceptors (Lipinski definition) is 10. The number of ether oxygens (including phenoxy) is 3. The van der Waals surface area contributed by atoms with Crippen LogP contribution in [0.4, 0.5) is 24.5 Å². The normalized spacial score (nSPS) is 17.6. The minimum absolute atomic E-state index is 0.0725. The highest BCUT2D eigenvalue weighted by molar-refractivity contribution is 7.93. The Hall–Kier alpha value is -5.06. The summed E-state index contributed by atoms with van der Waals surface area (Å²) in [6, 6.07) is 17.0. The van der Waals surface area contributed by atoms with E-state index in [2.05, 4.69) is 19.9 Å². The number of para-hydroxylation sites is 1. The van der Waals surface area contributed by atoms with E-state index in [-0.39, 0.29) is 52.2 Å². The van der Waals surface area contributed by atoms with Crippen molar-refractivity contribution in [3.8, 4) is 17.2 Å². The summed E-state index contributed by atoms with van der Waals surface area (Å²) in [6.07, 6.45) is -1.96. The molecule has 2 aliphatic heterocycles. The van der Waals surface area contributed by atoms with Crippen molar-refractivity contribution >= 4 is 44.8 Å². The second-order valence-electron chi connectivity index (χ2n) is 11.8. The summed E-state index contributed by atoms with van der Waals surface area (Å²) in [6.45, 7) is 1.98. The average Bonchev–Trinajstić information content (AvgIpc) is 3.38. The van der Waals surface area contributed by atoms with Gasteiger partial charge in [-0.2, -0.15) is 0 Å². The Labute approximate surface area is 302 Å². The number of rotatable bonds is 11. The first-order valence-corrected chi connectivity index (χ1v) is 17.8. The van der Waals surface area contributed by atoms with Gasteiger partial charge in [-0.05, 0) is 48.5 Å². The lowest BCUT2D eigenvalue weighted by Crippen LogP contribution is -2.54. The fourth-order valence-electron chi connectivity index (χ4n) is 6.50. The fourth-order valence-corrected chi connectivity index (χ4v) is 8.23. The lowest BCUT2D eigenvalue weighted by atomic mass is 9.83. The van der Waals surface area contributed by atoms with Crippen LogP contribution in [0.2, 0.25) is 5.02 Å². The number of carbonyl (C=O) groups excluding carboxylic acids is 2. The first-order chi connectivity index (χ1) is 24.8. The fraction of sp³-hybridized carbons (Fsp3) is 0.286. The number of sulfonamides is 1. The highest BCUT2D eigenvalue weighted by Crippen LogP contribution is 2.50. The second-order valence-corrected chi connectivity index (χ2v) is 14.0. The van der Waals surface area contributed by atoms with Gasteiger partial charge in [-0.15, -0.1) is 13.2 Å². The standard InChI is InChI=1S/C35H33ClF3N5O7S/c1-49-25-8-10-31(30(22-25)51-35(37,38)39)52(47,48)44-28-9-7-23(36)21-27(28)34(33(44)46,26-5-3-4-6-29(26)50-2)41-16-13-32(45)43-19-17-42(18-20-43)24-11-14-40-15-12-24/h3-12,14-15,21-22,41H,13,16-20H2,1-2H3. The summed E-state index contributed by atoms with van der Waals surface area (Å²) >= 11 is 6.45. The first kappa shape index (κ1) is 36.7. The summed E-state index contributed by atoms with van der Waals surface area (Å²) in [5, 5.41) is 3.30. The molecule has 0 bridgehead atoms. The number of anilines is 2. The van der Waals surface area contributed by atoms with Crippen molar-refractivity contribution < 1.29 is 45.4 Å². The van der Waals surface area contributed by atoms with E-state index < -0.39 is 38.5 Å². The predicted octanol–water partition coefficient (Wildman–Crippen LogP) is 4.96. The van der Waals surface area contributed by atoms with Gasteiger partial charge in [0.25, 0.3) is 15.9 Å². The van der Waals surface area contributed by atoms with Crippen LogP contribution >= 0.6 is 11.6 Å². The quantitative estimate of drug-likeness (QED) is 0.224. The molecule has 1 atom stereocenters. The molecule has 1 fully saturated rings. The molecule has 17 heteroatoms. The molecule has 4 aromatic rings. The average molecular weight is 760 g/mol. The number of pyridine rings is 1. The number of amides is 2. The van der Waals surface area contributed by atoms with Gasteiger partial charge in [0.1, 0.15) is 16.4 Å². The first-order valence-electron chi connectivity index (χ1n) is 15.9. The zero-order valence-electron chi connectivity index (χ0n) is 27.9. The van der Waals surface area contributed by atoms with Gasteiger partial charge in [-0.1, -0.05) is 29.8 Å². The number of alkyl halides is 3. The van der Waals surface area contributed by atoms with Crippen molar-refractivity contribution in [3.63, 3.8) is 0 Å². The van der Waals surface area contributed by atoms with Crippen molar-refractivity contribution in [1.82, 2.24) is 15.2 Å². The predicted molar refractivity (Wildman–Crippen MR) is 185 cm³/mol. The van der Waals surface area contributed by atoms with E-state index in [1.807, 2.05) is 12.1 Å². The molecule has 6 rings (SSSR count). The van der Waals surface area contributed by atoms with Gasteiger partial charge in [0, 0.05) is 79.4 Å². The molecule has 0 aliphatic carbocycles. The summed E-state index contributed by atoms with van der Waals surface area (Å²) in [7, 11) is -2.58. The zero-order valence-corrected chi connectivity index (χ0v) is 29.5. The topological polar surface area (TPSA) is 131 Å². The number of carbonyl (C=O) groups is 2. The van der Waals surface area contributed by atoms with E-state index in [9.17, 15) is 31.2 Å². The van der Waals surface area contributed by atoms with Crippen LogP contribution in [-0.2, 0) is 25.2 Å². The molecule has 0 radical (unpaired) electrons. The molecule has 3 aromatic carbocycles. The summed E-state index contributed by atoms with van der Waals surface area (Å²) in [5.74, 6) is -2.33. The Morgan fingerprint density at radius 2 is 1.63 bits per heavy atom. The Morgan fingerprint density at radius 1 is 0.923 bits per heavy atom. The monoisotopic (exact) mass is 759 g/mol. The highest BCUT2D eigenvalue weighted by atomic mass is 35.5. The number of halogens is 4. The Morgan fingerprint density at radius 3 is 2.31 bits per heavy atom. The van der Waals surface area contributed by atoms with E-state index in [0.717, 1.165) is 23.9 Å². The Kier molecular flexibility index (Phi) is 10.3. The lowest BCUT2D eigenvalue weighted by Gasteiger charge is -2.36. The summed E-state index contributed by atoms with van der Waals surface area (Å²) < 4.78 is 84.7. The number of hydrogen-bond donors (Lipinski definition) is 1. The number of nitrogens with zero attached hydrogens (tertiary/aromatic N) is 4. The van der Waals surface area contributed by atoms with Crippen molar-refractivity contribution in [1.29, 1.82) is 0 Å². The van der Waals surface area contributed by atoms with E-state index in [0.29, 0.717) is 30.5 Å². The number of methoxy groups -OCH3 is 2. The van der Waals surface area contributed by atoms with Crippen molar-refractivity contribution in [2.24, 2.45) is 0 Å². The van der Waals surface area contributed by atoms with Crippen molar-refractivity contribution in [2.75, 3.05) is 56.1 Å². The number of fused-ring (bicyclic) bond motifs is 1. The summed E-state index contributed by atoms with van der Waals surface area (Å²) in [4.78, 5) is 35.4. The van der Waals surface area contributed by atoms with Crippen LogP contribution in [0.3, 0.4) is 0 Å². The van der Waals surface area contributed by atoms with Crippen molar-refractivity contribution in [2.45, 2.75) is 23.2 Å².